The highest BCUT2D eigenvalue weighted by Crippen LogP contribution is 2.43. The van der Waals surface area contributed by atoms with Crippen LogP contribution in [0.2, 0.25) is 5.02 Å². The molecule has 1 unspecified atom stereocenters. The third-order valence-electron chi connectivity index (χ3n) is 5.30. The van der Waals surface area contributed by atoms with E-state index < -0.39 is 28.8 Å². The first-order chi connectivity index (χ1) is 17.2. The lowest BCUT2D eigenvalue weighted by Crippen LogP contribution is -2.32. The van der Waals surface area contributed by atoms with Gasteiger partial charge in [0.2, 0.25) is 5.91 Å². The van der Waals surface area contributed by atoms with E-state index in [1.54, 1.807) is 42.5 Å². The van der Waals surface area contributed by atoms with Gasteiger partial charge in [0.1, 0.15) is 22.4 Å². The van der Waals surface area contributed by atoms with E-state index in [9.17, 15) is 28.0 Å². The molecular formula is C25H17ClF3N3O3S. The average molecular weight is 532 g/mol. The first-order valence-electron chi connectivity index (χ1n) is 10.5. The van der Waals surface area contributed by atoms with Gasteiger partial charge >= 0.3 is 6.18 Å². The smallest absolute Gasteiger partial charge is 0.416 e. The number of benzene rings is 2. The Hall–Kier alpha value is -3.68. The van der Waals surface area contributed by atoms with Gasteiger partial charge in [-0.25, -0.2) is 0 Å². The van der Waals surface area contributed by atoms with Gasteiger partial charge in [-0.05, 0) is 54.4 Å². The standard InChI is InChI=1S/C25H17ClF3N3O3S/c26-20-9-8-16(25(27,28)29)11-15(20)12-21-23(34)32(17-5-2-1-3-6-17)24(36-21)19(13-30)22(33)31-14-18-7-4-10-35-18/h1-11,21H,12,14H2,(H,31,33)/b24-19-. The summed E-state index contributed by atoms with van der Waals surface area (Å²) in [7, 11) is 0. The van der Waals surface area contributed by atoms with Crippen molar-refractivity contribution in [3.8, 4) is 6.07 Å². The van der Waals surface area contributed by atoms with Crippen LogP contribution in [0.1, 0.15) is 16.9 Å². The van der Waals surface area contributed by atoms with Crippen molar-refractivity contribution in [3.63, 3.8) is 0 Å². The summed E-state index contributed by atoms with van der Waals surface area (Å²) in [6.45, 7) is 0.0253. The zero-order valence-electron chi connectivity index (χ0n) is 18.4. The number of carbonyl (C=O) groups is 2. The molecule has 0 aliphatic carbocycles. The molecule has 1 N–H and O–H groups in total. The highest BCUT2D eigenvalue weighted by atomic mass is 35.5. The predicted molar refractivity (Wildman–Crippen MR) is 129 cm³/mol. The molecule has 11 heteroatoms. The van der Waals surface area contributed by atoms with E-state index in [-0.39, 0.29) is 34.2 Å². The molecule has 1 fully saturated rings. The second kappa shape index (κ2) is 10.5. The normalized spacial score (nSPS) is 17.1. The van der Waals surface area contributed by atoms with Gasteiger partial charge in [-0.1, -0.05) is 41.6 Å². The SMILES string of the molecule is N#C/C(C(=O)NCc1ccco1)=C1/SC(Cc2cc(C(F)(F)F)ccc2Cl)C(=O)N1c1ccccc1. The summed E-state index contributed by atoms with van der Waals surface area (Å²) in [6, 6.07) is 16.5. The Bertz CT molecular complexity index is 1350. The maximum absolute atomic E-state index is 13.5. The third kappa shape index (κ3) is 5.42. The van der Waals surface area contributed by atoms with E-state index in [1.165, 1.54) is 11.2 Å². The summed E-state index contributed by atoms with van der Waals surface area (Å²) in [6.07, 6.45) is -3.27. The topological polar surface area (TPSA) is 86.3 Å². The van der Waals surface area contributed by atoms with E-state index in [1.807, 2.05) is 6.07 Å². The van der Waals surface area contributed by atoms with Crippen LogP contribution in [0.3, 0.4) is 0 Å². The van der Waals surface area contributed by atoms with Crippen LogP contribution in [0.4, 0.5) is 18.9 Å². The summed E-state index contributed by atoms with van der Waals surface area (Å²) in [5.74, 6) is -0.734. The number of nitrogens with zero attached hydrogens (tertiary/aromatic N) is 2. The van der Waals surface area contributed by atoms with E-state index in [4.69, 9.17) is 16.0 Å². The molecule has 2 amide bonds. The van der Waals surface area contributed by atoms with Crippen LogP contribution in [0.15, 0.2) is 81.9 Å². The quantitative estimate of drug-likeness (QED) is 0.326. The number of nitrogens with one attached hydrogen (secondary N) is 1. The maximum atomic E-state index is 13.5. The van der Waals surface area contributed by atoms with Gasteiger partial charge in [0.25, 0.3) is 5.91 Å². The van der Waals surface area contributed by atoms with Crippen molar-refractivity contribution in [2.24, 2.45) is 0 Å². The first-order valence-corrected chi connectivity index (χ1v) is 11.8. The number of amides is 2. The summed E-state index contributed by atoms with van der Waals surface area (Å²) < 4.78 is 44.9. The van der Waals surface area contributed by atoms with Crippen LogP contribution < -0.4 is 10.2 Å². The summed E-state index contributed by atoms with van der Waals surface area (Å²) in [5, 5.41) is 11.7. The van der Waals surface area contributed by atoms with E-state index >= 15 is 0 Å². The number of thioether (sulfide) groups is 1. The van der Waals surface area contributed by atoms with Gasteiger partial charge < -0.3 is 9.73 Å². The number of hydrogen-bond acceptors (Lipinski definition) is 5. The summed E-state index contributed by atoms with van der Waals surface area (Å²) in [5.41, 5.74) is -0.647. The fraction of sp³-hybridized carbons (Fsp3) is 0.160. The van der Waals surface area contributed by atoms with Crippen molar-refractivity contribution in [3.05, 3.63) is 99.4 Å². The fourth-order valence-corrected chi connectivity index (χ4v) is 5.07. The van der Waals surface area contributed by atoms with E-state index in [2.05, 4.69) is 5.32 Å². The Labute approximate surface area is 213 Å². The Morgan fingerprint density at radius 1 is 1.17 bits per heavy atom. The molecule has 1 atom stereocenters. The van der Waals surface area contributed by atoms with Crippen molar-refractivity contribution in [1.29, 1.82) is 5.26 Å². The molecule has 3 aromatic rings. The van der Waals surface area contributed by atoms with Crippen LogP contribution in [-0.4, -0.2) is 17.1 Å². The molecule has 1 aliphatic heterocycles. The lowest BCUT2D eigenvalue weighted by atomic mass is 10.0. The van der Waals surface area contributed by atoms with Crippen LogP contribution in [-0.2, 0) is 28.7 Å². The molecule has 0 saturated carbocycles. The number of para-hydroxylation sites is 1. The number of halogens is 4. The molecule has 1 aliphatic rings. The van der Waals surface area contributed by atoms with Crippen LogP contribution in [0.25, 0.3) is 0 Å². The van der Waals surface area contributed by atoms with Crippen molar-refractivity contribution in [2.75, 3.05) is 4.90 Å². The van der Waals surface area contributed by atoms with Crippen LogP contribution in [0, 0.1) is 11.3 Å². The maximum Gasteiger partial charge on any atom is 0.416 e. The van der Waals surface area contributed by atoms with Gasteiger partial charge in [0, 0.05) is 10.7 Å². The molecule has 0 radical (unpaired) electrons. The molecule has 1 saturated heterocycles. The van der Waals surface area contributed by atoms with Crippen LogP contribution >= 0.6 is 23.4 Å². The molecule has 4 rings (SSSR count). The fourth-order valence-electron chi connectivity index (χ4n) is 3.58. The molecule has 2 heterocycles. The number of furan rings is 1. The largest absolute Gasteiger partial charge is 0.467 e. The number of rotatable bonds is 6. The molecule has 0 spiro atoms. The zero-order valence-corrected chi connectivity index (χ0v) is 20.0. The molecule has 0 bridgehead atoms. The minimum absolute atomic E-state index is 0.0253. The highest BCUT2D eigenvalue weighted by Gasteiger charge is 2.41. The Morgan fingerprint density at radius 2 is 1.92 bits per heavy atom. The monoisotopic (exact) mass is 531 g/mol. The van der Waals surface area contributed by atoms with Gasteiger partial charge in [-0.3, -0.25) is 14.5 Å². The third-order valence-corrected chi connectivity index (χ3v) is 6.93. The van der Waals surface area contributed by atoms with Crippen molar-refractivity contribution in [1.82, 2.24) is 5.32 Å². The molecule has 1 aromatic heterocycles. The Kier molecular flexibility index (Phi) is 7.43. The highest BCUT2D eigenvalue weighted by molar-refractivity contribution is 8.05. The van der Waals surface area contributed by atoms with Crippen molar-refractivity contribution in [2.45, 2.75) is 24.4 Å². The minimum atomic E-state index is -4.58. The number of alkyl halides is 3. The first kappa shape index (κ1) is 25.4. The molecule has 36 heavy (non-hydrogen) atoms. The Morgan fingerprint density at radius 3 is 2.56 bits per heavy atom. The number of carbonyl (C=O) groups excluding carboxylic acids is 2. The van der Waals surface area contributed by atoms with Crippen LogP contribution in [0.5, 0.6) is 0 Å². The average Bonchev–Trinajstić information content (AvgIpc) is 3.48. The molecule has 2 aromatic carbocycles. The minimum Gasteiger partial charge on any atom is -0.467 e. The molecular weight excluding hydrogens is 515 g/mol. The van der Waals surface area contributed by atoms with Gasteiger partial charge in [0.15, 0.2) is 0 Å². The van der Waals surface area contributed by atoms with Gasteiger partial charge in [-0.15, -0.1) is 0 Å². The Balaban J connectivity index is 1.69. The lowest BCUT2D eigenvalue weighted by molar-refractivity contribution is -0.137. The van der Waals surface area contributed by atoms with Crippen molar-refractivity contribution >= 4 is 40.9 Å². The molecule has 184 valence electrons. The van der Waals surface area contributed by atoms with Gasteiger partial charge in [-0.2, -0.15) is 18.4 Å². The summed E-state index contributed by atoms with van der Waals surface area (Å²) >= 11 is 7.09. The number of anilines is 1. The van der Waals surface area contributed by atoms with Gasteiger partial charge in [0.05, 0.1) is 23.6 Å². The molecule has 6 nitrogen and oxygen atoms in total. The number of nitriles is 1. The number of hydrogen-bond donors (Lipinski definition) is 1. The second-order valence-corrected chi connectivity index (χ2v) is 9.28. The predicted octanol–water partition coefficient (Wildman–Crippen LogP) is 5.69. The zero-order chi connectivity index (χ0) is 25.9. The van der Waals surface area contributed by atoms with E-state index in [0.29, 0.717) is 11.4 Å². The van der Waals surface area contributed by atoms with E-state index in [0.717, 1.165) is 30.0 Å². The van der Waals surface area contributed by atoms with Crippen molar-refractivity contribution < 1.29 is 27.2 Å². The lowest BCUT2D eigenvalue weighted by Gasteiger charge is -2.18. The summed E-state index contributed by atoms with van der Waals surface area (Å²) in [4.78, 5) is 27.6. The second-order valence-electron chi connectivity index (χ2n) is 7.68.